The van der Waals surface area contributed by atoms with E-state index in [0.29, 0.717) is 6.04 Å². The van der Waals surface area contributed by atoms with Crippen molar-refractivity contribution in [2.24, 2.45) is 0 Å². The number of nitrogens with zero attached hydrogens (tertiary/aromatic N) is 2. The van der Waals surface area contributed by atoms with E-state index in [9.17, 15) is 0 Å². The second kappa shape index (κ2) is 4.92. The van der Waals surface area contributed by atoms with Crippen LogP contribution in [0.5, 0.6) is 0 Å². The highest BCUT2D eigenvalue weighted by Crippen LogP contribution is 2.31. The summed E-state index contributed by atoms with van der Waals surface area (Å²) in [6.45, 7) is 6.46. The number of rotatable bonds is 4. The summed E-state index contributed by atoms with van der Waals surface area (Å²) in [6, 6.07) is 4.65. The van der Waals surface area contributed by atoms with E-state index in [0.717, 1.165) is 29.1 Å². The molecule has 0 saturated carbocycles. The fraction of sp³-hybridized carbons (Fsp3) is 0.462. The molecule has 0 aliphatic rings. The van der Waals surface area contributed by atoms with Crippen LogP contribution in [0.2, 0.25) is 0 Å². The Kier molecular flexibility index (Phi) is 3.52. The first-order chi connectivity index (χ1) is 8.15. The van der Waals surface area contributed by atoms with Gasteiger partial charge in [0.2, 0.25) is 0 Å². The van der Waals surface area contributed by atoms with Crippen molar-refractivity contribution in [3.63, 3.8) is 0 Å². The van der Waals surface area contributed by atoms with Gasteiger partial charge in [0.1, 0.15) is 5.69 Å². The second-order valence-corrected chi connectivity index (χ2v) is 5.58. The number of hydrogen-bond donors (Lipinski definition) is 1. The minimum absolute atomic E-state index is 0.451. The zero-order valence-electron chi connectivity index (χ0n) is 10.6. The van der Waals surface area contributed by atoms with Crippen LogP contribution in [0.4, 0.5) is 5.69 Å². The van der Waals surface area contributed by atoms with Crippen LogP contribution in [-0.2, 0) is 0 Å². The van der Waals surface area contributed by atoms with Gasteiger partial charge in [-0.3, -0.25) is 4.68 Å². The van der Waals surface area contributed by atoms with Gasteiger partial charge in [-0.15, -0.1) is 11.3 Å². The number of hydrogen-bond acceptors (Lipinski definition) is 3. The zero-order chi connectivity index (χ0) is 12.4. The summed E-state index contributed by atoms with van der Waals surface area (Å²) in [7, 11) is 0. The summed E-state index contributed by atoms with van der Waals surface area (Å²) in [6.07, 6.45) is 4.13. The third kappa shape index (κ3) is 2.36. The lowest BCUT2D eigenvalue weighted by molar-refractivity contribution is 0.429. The molecule has 0 spiro atoms. The van der Waals surface area contributed by atoms with Crippen molar-refractivity contribution in [3.8, 4) is 10.6 Å². The fourth-order valence-electron chi connectivity index (χ4n) is 2.01. The zero-order valence-corrected chi connectivity index (χ0v) is 11.4. The van der Waals surface area contributed by atoms with Gasteiger partial charge < -0.3 is 5.73 Å². The minimum atomic E-state index is 0.451. The van der Waals surface area contributed by atoms with Gasteiger partial charge in [0.25, 0.3) is 0 Å². The van der Waals surface area contributed by atoms with Crippen LogP contribution in [0.3, 0.4) is 0 Å². The van der Waals surface area contributed by atoms with E-state index in [1.807, 2.05) is 10.9 Å². The maximum absolute atomic E-state index is 6.05. The molecule has 0 amide bonds. The molecule has 3 nitrogen and oxygen atoms in total. The lowest BCUT2D eigenvalue weighted by Crippen LogP contribution is -2.07. The Hall–Kier alpha value is -1.29. The van der Waals surface area contributed by atoms with E-state index < -0.39 is 0 Å². The van der Waals surface area contributed by atoms with Crippen LogP contribution in [0, 0.1) is 6.92 Å². The summed E-state index contributed by atoms with van der Waals surface area (Å²) >= 11 is 1.74. The Morgan fingerprint density at radius 1 is 1.35 bits per heavy atom. The molecule has 0 unspecified atom stereocenters. The van der Waals surface area contributed by atoms with Crippen LogP contribution in [0.1, 0.15) is 37.6 Å². The highest BCUT2D eigenvalue weighted by Gasteiger charge is 2.14. The van der Waals surface area contributed by atoms with Crippen LogP contribution in [0.15, 0.2) is 18.3 Å². The van der Waals surface area contributed by atoms with Crippen LogP contribution < -0.4 is 5.73 Å². The monoisotopic (exact) mass is 249 g/mol. The van der Waals surface area contributed by atoms with Crippen LogP contribution >= 0.6 is 11.3 Å². The van der Waals surface area contributed by atoms with Gasteiger partial charge in [-0.25, -0.2) is 0 Å². The van der Waals surface area contributed by atoms with Gasteiger partial charge in [-0.1, -0.05) is 13.8 Å². The Morgan fingerprint density at radius 3 is 2.59 bits per heavy atom. The van der Waals surface area contributed by atoms with Crippen molar-refractivity contribution < 1.29 is 0 Å². The predicted molar refractivity (Wildman–Crippen MR) is 74.3 cm³/mol. The van der Waals surface area contributed by atoms with Gasteiger partial charge in [-0.05, 0) is 31.9 Å². The van der Waals surface area contributed by atoms with Crippen molar-refractivity contribution in [1.82, 2.24) is 9.78 Å². The first-order valence-electron chi connectivity index (χ1n) is 6.07. The van der Waals surface area contributed by atoms with E-state index >= 15 is 0 Å². The van der Waals surface area contributed by atoms with E-state index in [1.165, 1.54) is 4.88 Å². The van der Waals surface area contributed by atoms with E-state index in [-0.39, 0.29) is 0 Å². The molecule has 0 aliphatic carbocycles. The maximum Gasteiger partial charge on any atom is 0.125 e. The minimum Gasteiger partial charge on any atom is -0.396 e. The number of anilines is 1. The maximum atomic E-state index is 6.05. The fourth-order valence-corrected chi connectivity index (χ4v) is 2.88. The molecule has 2 heterocycles. The number of aromatic nitrogens is 2. The molecular formula is C13H19N3S. The van der Waals surface area contributed by atoms with Crippen molar-refractivity contribution in [2.45, 2.75) is 39.7 Å². The molecule has 0 saturated heterocycles. The molecule has 2 N–H and O–H groups in total. The van der Waals surface area contributed by atoms with Crippen LogP contribution in [-0.4, -0.2) is 9.78 Å². The molecular weight excluding hydrogens is 230 g/mol. The topological polar surface area (TPSA) is 43.8 Å². The Labute approximate surface area is 106 Å². The highest BCUT2D eigenvalue weighted by atomic mass is 32.1. The average molecular weight is 249 g/mol. The van der Waals surface area contributed by atoms with E-state index in [1.54, 1.807) is 11.3 Å². The number of thiophene rings is 1. The molecule has 0 fully saturated rings. The largest absolute Gasteiger partial charge is 0.396 e. The van der Waals surface area contributed by atoms with Gasteiger partial charge in [0.05, 0.1) is 16.6 Å². The Balaban J connectivity index is 2.37. The molecule has 17 heavy (non-hydrogen) atoms. The van der Waals surface area contributed by atoms with Crippen molar-refractivity contribution in [2.75, 3.05) is 5.73 Å². The standard InChI is InChI=1S/C13H19N3S/c1-4-10(5-2)16-8-11(14)13(15-16)12-7-6-9(3)17-12/h6-8,10H,4-5,14H2,1-3H3. The van der Waals surface area contributed by atoms with Gasteiger partial charge in [0, 0.05) is 11.1 Å². The van der Waals surface area contributed by atoms with Crippen molar-refractivity contribution in [3.05, 3.63) is 23.2 Å². The predicted octanol–water partition coefficient (Wildman–Crippen LogP) is 3.86. The van der Waals surface area contributed by atoms with Gasteiger partial charge in [0.15, 0.2) is 0 Å². The normalized spacial score (nSPS) is 11.3. The molecule has 0 aromatic carbocycles. The molecule has 2 rings (SSSR count). The second-order valence-electron chi connectivity index (χ2n) is 4.29. The lowest BCUT2D eigenvalue weighted by Gasteiger charge is -2.12. The van der Waals surface area contributed by atoms with Crippen molar-refractivity contribution in [1.29, 1.82) is 0 Å². The van der Waals surface area contributed by atoms with E-state index in [2.05, 4.69) is 38.0 Å². The first-order valence-corrected chi connectivity index (χ1v) is 6.88. The van der Waals surface area contributed by atoms with Crippen molar-refractivity contribution >= 4 is 17.0 Å². The highest BCUT2D eigenvalue weighted by molar-refractivity contribution is 7.15. The van der Waals surface area contributed by atoms with Gasteiger partial charge in [-0.2, -0.15) is 5.10 Å². The SMILES string of the molecule is CCC(CC)n1cc(N)c(-c2ccc(C)s2)n1. The average Bonchev–Trinajstić information content (AvgIpc) is 2.87. The molecule has 0 radical (unpaired) electrons. The summed E-state index contributed by atoms with van der Waals surface area (Å²) in [5, 5.41) is 4.64. The summed E-state index contributed by atoms with van der Waals surface area (Å²) in [5.41, 5.74) is 7.76. The number of aryl methyl sites for hydroxylation is 1. The molecule has 92 valence electrons. The number of nitrogens with two attached hydrogens (primary N) is 1. The van der Waals surface area contributed by atoms with E-state index in [4.69, 9.17) is 5.73 Å². The first kappa shape index (κ1) is 12.2. The molecule has 2 aromatic heterocycles. The molecule has 0 aliphatic heterocycles. The van der Waals surface area contributed by atoms with Gasteiger partial charge >= 0.3 is 0 Å². The molecule has 0 bridgehead atoms. The molecule has 0 atom stereocenters. The smallest absolute Gasteiger partial charge is 0.125 e. The third-order valence-corrected chi connectivity index (χ3v) is 4.06. The molecule has 2 aromatic rings. The summed E-state index contributed by atoms with van der Waals surface area (Å²) < 4.78 is 2.01. The summed E-state index contributed by atoms with van der Waals surface area (Å²) in [4.78, 5) is 2.45. The Bertz CT molecular complexity index is 494. The molecule has 4 heteroatoms. The summed E-state index contributed by atoms with van der Waals surface area (Å²) in [5.74, 6) is 0. The Morgan fingerprint density at radius 2 is 2.06 bits per heavy atom. The number of nitrogen functional groups attached to an aromatic ring is 1. The van der Waals surface area contributed by atoms with Crippen LogP contribution in [0.25, 0.3) is 10.6 Å². The quantitative estimate of drug-likeness (QED) is 0.894. The lowest BCUT2D eigenvalue weighted by atomic mass is 10.2. The third-order valence-electron chi connectivity index (χ3n) is 3.05.